The predicted molar refractivity (Wildman–Crippen MR) is 76.6 cm³/mol. The molecule has 0 aliphatic carbocycles. The summed E-state index contributed by atoms with van der Waals surface area (Å²) < 4.78 is 5.35. The van der Waals surface area contributed by atoms with E-state index >= 15 is 0 Å². The van der Waals surface area contributed by atoms with Gasteiger partial charge >= 0.3 is 0 Å². The summed E-state index contributed by atoms with van der Waals surface area (Å²) >= 11 is 6.33. The lowest BCUT2D eigenvalue weighted by Crippen LogP contribution is -2.21. The summed E-state index contributed by atoms with van der Waals surface area (Å²) in [5, 5.41) is 1.78. The maximum absolute atomic E-state index is 6.33. The summed E-state index contributed by atoms with van der Waals surface area (Å²) in [5.41, 5.74) is 7.82. The first-order valence-corrected chi connectivity index (χ1v) is 6.43. The van der Waals surface area contributed by atoms with Crippen molar-refractivity contribution in [1.29, 1.82) is 0 Å². The molecule has 3 N–H and O–H groups in total. The van der Waals surface area contributed by atoms with Crippen molar-refractivity contribution in [3.8, 4) is 5.75 Å². The molecule has 0 saturated carbocycles. The summed E-state index contributed by atoms with van der Waals surface area (Å²) in [7, 11) is 1.66. The third kappa shape index (κ3) is 2.08. The van der Waals surface area contributed by atoms with Gasteiger partial charge in [-0.25, -0.2) is 0 Å². The fraction of sp³-hybridized carbons (Fsp3) is 0.429. The Balaban J connectivity index is 2.67. The smallest absolute Gasteiger partial charge is 0.143 e. The van der Waals surface area contributed by atoms with Gasteiger partial charge in [-0.1, -0.05) is 25.4 Å². The largest absolute Gasteiger partial charge is 0.495 e. The van der Waals surface area contributed by atoms with E-state index in [-0.39, 0.29) is 5.41 Å². The molecule has 2 aromatic rings. The summed E-state index contributed by atoms with van der Waals surface area (Å²) in [5.74, 6) is 0.809. The van der Waals surface area contributed by atoms with Crippen LogP contribution in [0.15, 0.2) is 18.3 Å². The molecule has 0 saturated heterocycles. The lowest BCUT2D eigenvalue weighted by Gasteiger charge is -2.23. The van der Waals surface area contributed by atoms with E-state index in [1.165, 1.54) is 5.56 Å². The standard InChI is InChI=1S/C14H19ClN2O/c1-14(2,6-7-16)9-8-17-13-11(18-3)5-4-10(15)12(9)13/h4-5,8,17H,6-7,16H2,1-3H3. The highest BCUT2D eigenvalue weighted by molar-refractivity contribution is 6.36. The first kappa shape index (κ1) is 13.2. The number of H-pyrrole nitrogens is 1. The molecule has 4 heteroatoms. The van der Waals surface area contributed by atoms with Gasteiger partial charge in [0.2, 0.25) is 0 Å². The van der Waals surface area contributed by atoms with Gasteiger partial charge in [-0.05, 0) is 36.1 Å². The van der Waals surface area contributed by atoms with Crippen molar-refractivity contribution in [1.82, 2.24) is 4.98 Å². The number of ether oxygens (including phenoxy) is 1. The van der Waals surface area contributed by atoms with Gasteiger partial charge in [-0.2, -0.15) is 0 Å². The van der Waals surface area contributed by atoms with Crippen molar-refractivity contribution in [3.05, 3.63) is 28.9 Å². The minimum atomic E-state index is -0.0109. The second-order valence-electron chi connectivity index (χ2n) is 5.12. The molecule has 0 spiro atoms. The Labute approximate surface area is 112 Å². The van der Waals surface area contributed by atoms with Crippen LogP contribution in [0.5, 0.6) is 5.75 Å². The van der Waals surface area contributed by atoms with Gasteiger partial charge < -0.3 is 15.5 Å². The molecular formula is C14H19ClN2O. The van der Waals surface area contributed by atoms with Gasteiger partial charge in [0.25, 0.3) is 0 Å². The molecule has 98 valence electrons. The molecule has 1 aromatic carbocycles. The molecule has 2 rings (SSSR count). The summed E-state index contributed by atoms with van der Waals surface area (Å²) in [6.45, 7) is 5.01. The quantitative estimate of drug-likeness (QED) is 0.890. The highest BCUT2D eigenvalue weighted by Crippen LogP contribution is 2.39. The Bertz CT molecular complexity index is 560. The molecule has 18 heavy (non-hydrogen) atoms. The molecule has 1 heterocycles. The SMILES string of the molecule is COc1ccc(Cl)c2c(C(C)(C)CCN)c[nH]c12. The van der Waals surface area contributed by atoms with Crippen LogP contribution in [0, 0.1) is 0 Å². The monoisotopic (exact) mass is 266 g/mol. The van der Waals surface area contributed by atoms with Gasteiger partial charge in [0.1, 0.15) is 5.75 Å². The molecule has 0 aliphatic rings. The maximum Gasteiger partial charge on any atom is 0.143 e. The molecule has 1 aromatic heterocycles. The van der Waals surface area contributed by atoms with Crippen LogP contribution >= 0.6 is 11.6 Å². The van der Waals surface area contributed by atoms with Crippen LogP contribution in [0.2, 0.25) is 5.02 Å². The van der Waals surface area contributed by atoms with Gasteiger partial charge in [0, 0.05) is 11.6 Å². The zero-order chi connectivity index (χ0) is 13.3. The van der Waals surface area contributed by atoms with E-state index < -0.39 is 0 Å². The van der Waals surface area contributed by atoms with Crippen molar-refractivity contribution in [2.45, 2.75) is 25.7 Å². The van der Waals surface area contributed by atoms with E-state index in [0.717, 1.165) is 28.1 Å². The molecular weight excluding hydrogens is 248 g/mol. The van der Waals surface area contributed by atoms with Crippen molar-refractivity contribution in [2.75, 3.05) is 13.7 Å². The van der Waals surface area contributed by atoms with Gasteiger partial charge in [0.15, 0.2) is 0 Å². The van der Waals surface area contributed by atoms with Gasteiger partial charge in [-0.3, -0.25) is 0 Å². The number of rotatable bonds is 4. The van der Waals surface area contributed by atoms with Gasteiger partial charge in [-0.15, -0.1) is 0 Å². The van der Waals surface area contributed by atoms with Crippen LogP contribution in [0.25, 0.3) is 10.9 Å². The van der Waals surface area contributed by atoms with Crippen molar-refractivity contribution in [3.63, 3.8) is 0 Å². The normalized spacial score (nSPS) is 12.1. The molecule has 0 radical (unpaired) electrons. The molecule has 0 unspecified atom stereocenters. The van der Waals surface area contributed by atoms with E-state index in [0.29, 0.717) is 6.54 Å². The molecule has 0 amide bonds. The average molecular weight is 267 g/mol. The number of hydrogen-bond donors (Lipinski definition) is 2. The van der Waals surface area contributed by atoms with Crippen LogP contribution in [-0.4, -0.2) is 18.6 Å². The second-order valence-corrected chi connectivity index (χ2v) is 5.53. The number of methoxy groups -OCH3 is 1. The zero-order valence-corrected chi connectivity index (χ0v) is 11.8. The zero-order valence-electron chi connectivity index (χ0n) is 11.0. The number of fused-ring (bicyclic) bond motifs is 1. The topological polar surface area (TPSA) is 51.0 Å². The van der Waals surface area contributed by atoms with Crippen molar-refractivity contribution >= 4 is 22.5 Å². The first-order valence-electron chi connectivity index (χ1n) is 6.05. The van der Waals surface area contributed by atoms with Crippen LogP contribution in [0.4, 0.5) is 0 Å². The summed E-state index contributed by atoms with van der Waals surface area (Å²) in [4.78, 5) is 3.26. The fourth-order valence-corrected chi connectivity index (χ4v) is 2.64. The van der Waals surface area contributed by atoms with Crippen LogP contribution in [0.1, 0.15) is 25.8 Å². The molecule has 0 aliphatic heterocycles. The van der Waals surface area contributed by atoms with Crippen LogP contribution < -0.4 is 10.5 Å². The van der Waals surface area contributed by atoms with Crippen molar-refractivity contribution in [2.24, 2.45) is 5.73 Å². The highest BCUT2D eigenvalue weighted by Gasteiger charge is 2.25. The maximum atomic E-state index is 6.33. The Morgan fingerprint density at radius 1 is 1.39 bits per heavy atom. The minimum absolute atomic E-state index is 0.0109. The van der Waals surface area contributed by atoms with Crippen LogP contribution in [-0.2, 0) is 5.41 Å². The average Bonchev–Trinajstić information content (AvgIpc) is 2.76. The number of benzene rings is 1. The van der Waals surface area contributed by atoms with E-state index in [2.05, 4.69) is 18.8 Å². The number of nitrogens with one attached hydrogen (secondary N) is 1. The molecule has 0 fully saturated rings. The summed E-state index contributed by atoms with van der Waals surface area (Å²) in [6.07, 6.45) is 2.92. The lowest BCUT2D eigenvalue weighted by atomic mass is 9.81. The van der Waals surface area contributed by atoms with E-state index in [4.69, 9.17) is 22.1 Å². The Hall–Kier alpha value is -1.19. The van der Waals surface area contributed by atoms with Crippen molar-refractivity contribution < 1.29 is 4.74 Å². The van der Waals surface area contributed by atoms with E-state index in [1.807, 2.05) is 18.3 Å². The minimum Gasteiger partial charge on any atom is -0.495 e. The fourth-order valence-electron chi connectivity index (χ4n) is 2.38. The van der Waals surface area contributed by atoms with Crippen LogP contribution in [0.3, 0.4) is 0 Å². The number of aromatic nitrogens is 1. The Morgan fingerprint density at radius 3 is 2.72 bits per heavy atom. The number of halogens is 1. The van der Waals surface area contributed by atoms with E-state index in [9.17, 15) is 0 Å². The lowest BCUT2D eigenvalue weighted by molar-refractivity contribution is 0.419. The number of aromatic amines is 1. The summed E-state index contributed by atoms with van der Waals surface area (Å²) in [6, 6.07) is 3.75. The van der Waals surface area contributed by atoms with Gasteiger partial charge in [0.05, 0.1) is 17.6 Å². The molecule has 3 nitrogen and oxygen atoms in total. The first-order chi connectivity index (χ1) is 8.51. The third-order valence-corrected chi connectivity index (χ3v) is 3.78. The Kier molecular flexibility index (Phi) is 3.55. The highest BCUT2D eigenvalue weighted by atomic mass is 35.5. The van der Waals surface area contributed by atoms with E-state index in [1.54, 1.807) is 7.11 Å². The third-order valence-electron chi connectivity index (χ3n) is 3.46. The molecule has 0 atom stereocenters. The Morgan fingerprint density at radius 2 is 2.11 bits per heavy atom. The predicted octanol–water partition coefficient (Wildman–Crippen LogP) is 3.46. The number of hydrogen-bond acceptors (Lipinski definition) is 2. The number of nitrogens with two attached hydrogens (primary N) is 1. The molecule has 0 bridgehead atoms. The second kappa shape index (κ2) is 4.82.